The summed E-state index contributed by atoms with van der Waals surface area (Å²) in [5.41, 5.74) is 0. The van der Waals surface area contributed by atoms with Gasteiger partial charge in [-0.3, -0.25) is 4.89 Å². The summed E-state index contributed by atoms with van der Waals surface area (Å²) in [6, 6.07) is 0.435. The minimum absolute atomic E-state index is 0.194. The van der Waals surface area contributed by atoms with Gasteiger partial charge < -0.3 is 13.3 Å². The number of hydrogen-bond acceptors (Lipinski definition) is 6. The Morgan fingerprint density at radius 1 is 1.19 bits per heavy atom. The second-order valence-corrected chi connectivity index (χ2v) is 5.88. The third-order valence-corrected chi connectivity index (χ3v) is 4.71. The van der Waals surface area contributed by atoms with Gasteiger partial charge in [-0.15, -0.1) is 0 Å². The van der Waals surface area contributed by atoms with Crippen molar-refractivity contribution < 1.29 is 27.8 Å². The first-order valence-electron chi connectivity index (χ1n) is 5.20. The Balaban J connectivity index is 3.88. The van der Waals surface area contributed by atoms with Gasteiger partial charge in [0.1, 0.15) is 0 Å². The molecule has 0 fully saturated rings. The van der Waals surface area contributed by atoms with Gasteiger partial charge in [0.05, 0.1) is 6.61 Å². The Kier molecular flexibility index (Phi) is 8.40. The second-order valence-electron chi connectivity index (χ2n) is 2.91. The third-order valence-electron chi connectivity index (χ3n) is 1.92. The summed E-state index contributed by atoms with van der Waals surface area (Å²) >= 11 is 0. The van der Waals surface area contributed by atoms with Crippen LogP contribution in [0.5, 0.6) is 0 Å². The standard InChI is InChI=1S/C9H20O6Si/c1-5-9(10)15-13-7-8-16(11-3,12-4)14-6-2/h5-8H2,1-4H3. The normalized spacial score (nSPS) is 11.5. The predicted octanol–water partition coefficient (Wildman–Crippen LogP) is 1.14. The van der Waals surface area contributed by atoms with E-state index in [0.717, 1.165) is 0 Å². The molecule has 0 spiro atoms. The molecular formula is C9H20O6Si. The molecule has 0 amide bonds. The molecular weight excluding hydrogens is 232 g/mol. The topological polar surface area (TPSA) is 63.2 Å². The fourth-order valence-electron chi connectivity index (χ4n) is 1.03. The molecule has 0 saturated carbocycles. The first-order chi connectivity index (χ1) is 7.64. The summed E-state index contributed by atoms with van der Waals surface area (Å²) < 4.78 is 15.9. The molecule has 0 bridgehead atoms. The smallest absolute Gasteiger partial charge is 0.377 e. The third kappa shape index (κ3) is 5.57. The van der Waals surface area contributed by atoms with E-state index in [1.165, 1.54) is 14.2 Å². The Labute approximate surface area is 97.1 Å². The van der Waals surface area contributed by atoms with E-state index in [1.807, 2.05) is 6.92 Å². The molecule has 0 aromatic carbocycles. The van der Waals surface area contributed by atoms with Gasteiger partial charge >= 0.3 is 14.8 Å². The SMILES string of the molecule is CCO[Si](CCOOC(=O)CC)(OC)OC. The molecule has 0 aromatic heterocycles. The van der Waals surface area contributed by atoms with Crippen LogP contribution in [0.3, 0.4) is 0 Å². The molecule has 0 atom stereocenters. The Hall–Kier alpha value is -0.473. The van der Waals surface area contributed by atoms with E-state index >= 15 is 0 Å². The molecule has 0 saturated heterocycles. The summed E-state index contributed by atoms with van der Waals surface area (Å²) in [6.07, 6.45) is 0.280. The zero-order valence-electron chi connectivity index (χ0n) is 10.3. The van der Waals surface area contributed by atoms with Crippen molar-refractivity contribution in [3.05, 3.63) is 0 Å². The monoisotopic (exact) mass is 252 g/mol. The maximum absolute atomic E-state index is 10.8. The minimum Gasteiger partial charge on any atom is -0.377 e. The summed E-state index contributed by atoms with van der Waals surface area (Å²) in [4.78, 5) is 20.0. The average Bonchev–Trinajstić information content (AvgIpc) is 2.32. The molecule has 0 aliphatic heterocycles. The largest absolute Gasteiger partial charge is 0.502 e. The molecule has 0 aliphatic carbocycles. The fraction of sp³-hybridized carbons (Fsp3) is 0.889. The van der Waals surface area contributed by atoms with Gasteiger partial charge in [0.25, 0.3) is 0 Å². The van der Waals surface area contributed by atoms with Crippen molar-refractivity contribution in [2.45, 2.75) is 26.3 Å². The second kappa shape index (κ2) is 8.65. The van der Waals surface area contributed by atoms with Gasteiger partial charge in [-0.05, 0) is 6.92 Å². The highest BCUT2D eigenvalue weighted by atomic mass is 28.4. The van der Waals surface area contributed by atoms with Crippen LogP contribution < -0.4 is 0 Å². The minimum atomic E-state index is -2.64. The molecule has 16 heavy (non-hydrogen) atoms. The number of hydrogen-bond donors (Lipinski definition) is 0. The lowest BCUT2D eigenvalue weighted by Crippen LogP contribution is -2.44. The van der Waals surface area contributed by atoms with Crippen molar-refractivity contribution in [1.29, 1.82) is 0 Å². The highest BCUT2D eigenvalue weighted by Crippen LogP contribution is 2.13. The zero-order valence-corrected chi connectivity index (χ0v) is 11.3. The Bertz CT molecular complexity index is 194. The van der Waals surface area contributed by atoms with E-state index in [-0.39, 0.29) is 13.0 Å². The molecule has 7 heteroatoms. The molecule has 0 aliphatic rings. The number of carbonyl (C=O) groups excluding carboxylic acids is 1. The van der Waals surface area contributed by atoms with E-state index in [4.69, 9.17) is 18.2 Å². The first-order valence-corrected chi connectivity index (χ1v) is 7.13. The highest BCUT2D eigenvalue weighted by molar-refractivity contribution is 6.60. The maximum Gasteiger partial charge on any atom is 0.502 e. The van der Waals surface area contributed by atoms with Crippen molar-refractivity contribution in [3.63, 3.8) is 0 Å². The van der Waals surface area contributed by atoms with Crippen molar-refractivity contribution in [3.8, 4) is 0 Å². The van der Waals surface area contributed by atoms with Crippen molar-refractivity contribution in [1.82, 2.24) is 0 Å². The first kappa shape index (κ1) is 15.5. The van der Waals surface area contributed by atoms with E-state index in [1.54, 1.807) is 6.92 Å². The quantitative estimate of drug-likeness (QED) is 0.265. The van der Waals surface area contributed by atoms with Crippen LogP contribution in [0.2, 0.25) is 6.04 Å². The van der Waals surface area contributed by atoms with E-state index in [2.05, 4.69) is 4.89 Å². The van der Waals surface area contributed by atoms with Gasteiger partial charge in [-0.1, -0.05) is 6.92 Å². The van der Waals surface area contributed by atoms with Crippen molar-refractivity contribution >= 4 is 14.8 Å². The zero-order chi connectivity index (χ0) is 12.4. The van der Waals surface area contributed by atoms with Crippen LogP contribution in [-0.2, 0) is 27.8 Å². The lowest BCUT2D eigenvalue weighted by molar-refractivity contribution is -0.270. The molecule has 0 heterocycles. The van der Waals surface area contributed by atoms with Crippen LogP contribution in [-0.4, -0.2) is 42.2 Å². The molecule has 96 valence electrons. The van der Waals surface area contributed by atoms with Gasteiger partial charge in [0.15, 0.2) is 0 Å². The van der Waals surface area contributed by atoms with Crippen LogP contribution in [0.4, 0.5) is 0 Å². The summed E-state index contributed by atoms with van der Waals surface area (Å²) in [5.74, 6) is -0.404. The van der Waals surface area contributed by atoms with Gasteiger partial charge in [0, 0.05) is 33.3 Å². The van der Waals surface area contributed by atoms with Gasteiger partial charge in [-0.2, -0.15) is 4.89 Å². The molecule has 0 N–H and O–H groups in total. The van der Waals surface area contributed by atoms with Gasteiger partial charge in [-0.25, -0.2) is 4.79 Å². The van der Waals surface area contributed by atoms with E-state index in [0.29, 0.717) is 12.7 Å². The van der Waals surface area contributed by atoms with Crippen LogP contribution >= 0.6 is 0 Å². The van der Waals surface area contributed by atoms with E-state index < -0.39 is 14.8 Å². The Morgan fingerprint density at radius 3 is 2.25 bits per heavy atom. The fourth-order valence-corrected chi connectivity index (χ4v) is 2.76. The number of rotatable bonds is 9. The summed E-state index contributed by atoms with van der Waals surface area (Å²) in [6.45, 7) is 4.25. The van der Waals surface area contributed by atoms with Gasteiger partial charge in [0.2, 0.25) is 0 Å². The number of carbonyl (C=O) groups is 1. The van der Waals surface area contributed by atoms with Crippen LogP contribution in [0.1, 0.15) is 20.3 Å². The Morgan fingerprint density at radius 2 is 1.81 bits per heavy atom. The average molecular weight is 252 g/mol. The molecule has 0 rings (SSSR count). The molecule has 0 radical (unpaired) electrons. The maximum atomic E-state index is 10.8. The summed E-state index contributed by atoms with van der Waals surface area (Å²) in [7, 11) is 0.420. The van der Waals surface area contributed by atoms with Crippen LogP contribution in [0.15, 0.2) is 0 Å². The lowest BCUT2D eigenvalue weighted by atomic mass is 10.5. The van der Waals surface area contributed by atoms with Crippen LogP contribution in [0, 0.1) is 0 Å². The molecule has 0 unspecified atom stereocenters. The van der Waals surface area contributed by atoms with Crippen molar-refractivity contribution in [2.24, 2.45) is 0 Å². The lowest BCUT2D eigenvalue weighted by Gasteiger charge is -2.25. The molecule has 6 nitrogen and oxygen atoms in total. The van der Waals surface area contributed by atoms with Crippen LogP contribution in [0.25, 0.3) is 0 Å². The predicted molar refractivity (Wildman–Crippen MR) is 58.5 cm³/mol. The van der Waals surface area contributed by atoms with Crippen molar-refractivity contribution in [2.75, 3.05) is 27.4 Å². The summed E-state index contributed by atoms with van der Waals surface area (Å²) in [5, 5.41) is 0. The molecule has 0 aromatic rings. The highest BCUT2D eigenvalue weighted by Gasteiger charge is 2.38. The van der Waals surface area contributed by atoms with E-state index in [9.17, 15) is 4.79 Å².